The summed E-state index contributed by atoms with van der Waals surface area (Å²) in [6.07, 6.45) is 22.9. The Bertz CT molecular complexity index is 3690. The molecule has 16 bridgehead atoms. The molecule has 0 saturated carbocycles. The number of aliphatic hydroxyl groups excluding tert-OH is 2. The van der Waals surface area contributed by atoms with Crippen LogP contribution in [0.2, 0.25) is 0 Å². The maximum atomic E-state index is 13.6. The maximum Gasteiger partial charge on any atom is 0.220 e. The summed E-state index contributed by atoms with van der Waals surface area (Å²) in [4.78, 5) is 58.3. The van der Waals surface area contributed by atoms with E-state index in [9.17, 15) is 19.8 Å². The summed E-state index contributed by atoms with van der Waals surface area (Å²) in [5, 5.41) is 37.1. The highest BCUT2D eigenvalue weighted by Crippen LogP contribution is 2.49. The summed E-state index contributed by atoms with van der Waals surface area (Å²) in [5.41, 5.74) is 28.0. The zero-order chi connectivity index (χ0) is 59.9. The molecule has 10 aliphatic heterocycles. The zero-order valence-electron chi connectivity index (χ0n) is 50.9. The molecule has 12 rings (SSSR count). The Morgan fingerprint density at radius 1 is 0.541 bits per heavy atom. The molecule has 0 spiro atoms. The first-order chi connectivity index (χ1) is 40.9. The Hall–Kier alpha value is -8.52. The van der Waals surface area contributed by atoms with Crippen LogP contribution in [-0.2, 0) is 9.59 Å². The van der Waals surface area contributed by atoms with Gasteiger partial charge < -0.3 is 31.5 Å². The molecule has 85 heavy (non-hydrogen) atoms. The predicted octanol–water partition coefficient (Wildman–Crippen LogP) is 13.7. The fourth-order valence-electron chi connectivity index (χ4n) is 14.4. The lowest BCUT2D eigenvalue weighted by Gasteiger charge is -2.18. The van der Waals surface area contributed by atoms with Crippen molar-refractivity contribution in [3.8, 4) is 0 Å². The normalized spacial score (nSPS) is 24.7. The van der Waals surface area contributed by atoms with E-state index >= 15 is 0 Å². The van der Waals surface area contributed by atoms with Crippen molar-refractivity contribution in [3.63, 3.8) is 0 Å². The second kappa shape index (κ2) is 22.5. The summed E-state index contributed by atoms with van der Waals surface area (Å²) in [5.74, 6) is 0.608. The van der Waals surface area contributed by atoms with Gasteiger partial charge in [-0.15, -0.1) is 0 Å². The third-order valence-electron chi connectivity index (χ3n) is 19.5. The van der Waals surface area contributed by atoms with Crippen LogP contribution in [0, 0.1) is 23.7 Å². The molecule has 10 heterocycles. The smallest absolute Gasteiger partial charge is 0.220 e. The van der Waals surface area contributed by atoms with Gasteiger partial charge in [-0.3, -0.25) is 9.59 Å². The van der Waals surface area contributed by atoms with E-state index in [-0.39, 0.29) is 35.5 Å². The minimum Gasteiger partial charge on any atom is -0.511 e. The molecule has 2 fully saturated rings. The van der Waals surface area contributed by atoms with Crippen molar-refractivity contribution >= 4 is 46.1 Å². The first-order valence-electron chi connectivity index (χ1n) is 30.6. The summed E-state index contributed by atoms with van der Waals surface area (Å²) in [7, 11) is 0. The van der Waals surface area contributed by atoms with Crippen molar-refractivity contribution in [1.82, 2.24) is 21.3 Å². The molecular formula is C71H78N10O4. The van der Waals surface area contributed by atoms with Crippen LogP contribution in [0.1, 0.15) is 140 Å². The molecule has 2 saturated heterocycles. The number of amides is 2. The lowest BCUT2D eigenvalue weighted by atomic mass is 9.86. The monoisotopic (exact) mass is 1130 g/mol. The molecule has 436 valence electrons. The van der Waals surface area contributed by atoms with Gasteiger partial charge in [-0.25, -0.2) is 30.0 Å². The molecule has 4 atom stereocenters. The molecule has 14 nitrogen and oxygen atoms in total. The average molecular weight is 1140 g/mol. The number of carbonyl (C=O) groups is 2. The standard InChI is InChI=1S/C71H78N10O4/c1-13-42-34(5)50-28-54-38(9)46(68(78-54)48-26-62(82)66-40(11)56(80-70(48)66)32-60-44(15-3)36(7)52(76-60)30-58(42)74-50)20-22-64(84)72-24-18-17-19-25-73-65(85)23-21-47-39(10)55-29-51-35(6)43(14-2)59(75-51)31-53-37(8)45(16-4)61(77-53)33-57-41(12)67-63(83)27-49(69(47)79-55)71(67)81-57/h13-14,28-33,38-39,46-47,78-79,82-83H,1-2,15-27H2,3-12H3,(H,72,84)(H,73,85)/t38-,39-,46-,47-/m0/s1. The number of aliphatic hydroxyl groups is 2. The summed E-state index contributed by atoms with van der Waals surface area (Å²) < 4.78 is 0. The molecule has 0 radical (unpaired) electrons. The first-order valence-corrected chi connectivity index (χ1v) is 30.6. The second-order valence-corrected chi connectivity index (χ2v) is 24.3. The molecule has 0 aromatic heterocycles. The fourth-order valence-corrected chi connectivity index (χ4v) is 14.4. The summed E-state index contributed by atoms with van der Waals surface area (Å²) >= 11 is 0. The highest BCUT2D eigenvalue weighted by molar-refractivity contribution is 6.23. The molecule has 14 heteroatoms. The predicted molar refractivity (Wildman–Crippen MR) is 343 cm³/mol. The Balaban J connectivity index is 0.680. The van der Waals surface area contributed by atoms with Crippen molar-refractivity contribution < 1.29 is 19.8 Å². The van der Waals surface area contributed by atoms with Crippen molar-refractivity contribution in [2.75, 3.05) is 13.1 Å². The van der Waals surface area contributed by atoms with E-state index in [2.05, 4.69) is 126 Å². The summed E-state index contributed by atoms with van der Waals surface area (Å²) in [6.45, 7) is 30.6. The van der Waals surface area contributed by atoms with Gasteiger partial charge in [-0.05, 0) is 168 Å². The molecule has 0 aromatic carbocycles. The van der Waals surface area contributed by atoms with Crippen LogP contribution in [0.15, 0.2) is 238 Å². The van der Waals surface area contributed by atoms with Gasteiger partial charge in [0.05, 0.1) is 68.5 Å². The molecule has 2 amide bonds. The van der Waals surface area contributed by atoms with Gasteiger partial charge in [-0.2, -0.15) is 0 Å². The van der Waals surface area contributed by atoms with Crippen LogP contribution in [0.5, 0.6) is 0 Å². The molecular weight excluding hydrogens is 1060 g/mol. The summed E-state index contributed by atoms with van der Waals surface area (Å²) in [6, 6.07) is 0. The van der Waals surface area contributed by atoms with E-state index in [4.69, 9.17) is 30.0 Å². The third-order valence-corrected chi connectivity index (χ3v) is 19.5. The molecule has 2 aliphatic carbocycles. The lowest BCUT2D eigenvalue weighted by molar-refractivity contribution is -0.122. The number of hydrogen-bond donors (Lipinski definition) is 6. The van der Waals surface area contributed by atoms with Crippen molar-refractivity contribution in [2.45, 2.75) is 140 Å². The SMILES string of the molecule is C=CC1=C(C)C2=NC1=CC1=NC(=CC3=C(C)C4=C(O)CC(=C5NC(=C2)[C@@H](C)[C@@H]5CCC(=O)NCCCCCNC(=O)CC[C@@H]2C5=C6CC(O)=C7C6=NC(=C7C)C=C6N=C(C=C7N=C(C=C(N5)[C@H]2C)C(C)=C7C=C)C(C)=C6CC)C4=N3)C(CC)=C1C. The third kappa shape index (κ3) is 9.84. The number of unbranched alkanes of at least 4 members (excludes halogenated alkanes) is 2. The Labute approximate surface area is 499 Å². The van der Waals surface area contributed by atoms with Crippen LogP contribution < -0.4 is 21.3 Å². The molecule has 0 aromatic rings. The van der Waals surface area contributed by atoms with Crippen molar-refractivity contribution in [3.05, 3.63) is 208 Å². The number of hydrogen-bond acceptors (Lipinski definition) is 12. The quantitative estimate of drug-likeness (QED) is 0.0832. The van der Waals surface area contributed by atoms with Crippen LogP contribution in [-0.4, -0.2) is 69.4 Å². The maximum absolute atomic E-state index is 13.6. The van der Waals surface area contributed by atoms with Crippen LogP contribution in [0.4, 0.5) is 0 Å². The Morgan fingerprint density at radius 3 is 1.32 bits per heavy atom. The largest absolute Gasteiger partial charge is 0.511 e. The number of fused-ring (bicyclic) bond motifs is 10. The minimum atomic E-state index is -0.0323. The van der Waals surface area contributed by atoms with E-state index in [1.165, 1.54) is 0 Å². The molecule has 0 unspecified atom stereocenters. The second-order valence-electron chi connectivity index (χ2n) is 24.3. The molecule has 12 aliphatic rings. The Morgan fingerprint density at radius 2 is 0.929 bits per heavy atom. The van der Waals surface area contributed by atoms with E-state index < -0.39 is 0 Å². The number of nitrogens with zero attached hydrogens (tertiary/aromatic N) is 6. The van der Waals surface area contributed by atoms with Gasteiger partial charge in [-0.1, -0.05) is 53.0 Å². The van der Waals surface area contributed by atoms with Crippen molar-refractivity contribution in [1.29, 1.82) is 0 Å². The van der Waals surface area contributed by atoms with E-state index in [1.807, 2.05) is 26.0 Å². The fraction of sp³-hybridized carbons (Fsp3) is 0.380. The molecule has 6 N–H and O–H groups in total. The van der Waals surface area contributed by atoms with Crippen LogP contribution >= 0.6 is 0 Å². The topological polar surface area (TPSA) is 197 Å². The lowest BCUT2D eigenvalue weighted by Crippen LogP contribution is -2.27. The van der Waals surface area contributed by atoms with Gasteiger partial charge in [0.1, 0.15) is 11.5 Å². The number of nitrogens with one attached hydrogen (secondary N) is 4. The van der Waals surface area contributed by atoms with Gasteiger partial charge in [0.2, 0.25) is 11.8 Å². The van der Waals surface area contributed by atoms with Crippen LogP contribution in [0.25, 0.3) is 0 Å². The average Bonchev–Trinajstić information content (AvgIpc) is 1.71. The van der Waals surface area contributed by atoms with E-state index in [0.29, 0.717) is 63.1 Å². The van der Waals surface area contributed by atoms with Gasteiger partial charge in [0, 0.05) is 119 Å². The first kappa shape index (κ1) is 56.9. The highest BCUT2D eigenvalue weighted by Gasteiger charge is 2.44. The van der Waals surface area contributed by atoms with Crippen molar-refractivity contribution in [2.24, 2.45) is 53.6 Å². The number of allylic oxidation sites excluding steroid dienone is 24. The Kier molecular flexibility index (Phi) is 15.1. The van der Waals surface area contributed by atoms with Gasteiger partial charge in [0.15, 0.2) is 0 Å². The number of rotatable bonds is 16. The van der Waals surface area contributed by atoms with Gasteiger partial charge >= 0.3 is 0 Å². The minimum absolute atomic E-state index is 0.00319. The number of aliphatic imine (C=N–C) groups is 6. The van der Waals surface area contributed by atoms with E-state index in [0.717, 1.165) is 201 Å². The van der Waals surface area contributed by atoms with E-state index in [1.54, 1.807) is 0 Å². The number of carbonyl (C=O) groups excluding carboxylic acids is 2. The highest BCUT2D eigenvalue weighted by atomic mass is 16.3. The van der Waals surface area contributed by atoms with Gasteiger partial charge in [0.25, 0.3) is 0 Å². The zero-order valence-corrected chi connectivity index (χ0v) is 50.9. The van der Waals surface area contributed by atoms with Crippen LogP contribution in [0.3, 0.4) is 0 Å².